The smallest absolute Gasteiger partial charge is 0.164 e. The SMILES string of the molecule is c1ccc(-c2ccc(-c3nc(-c4ccccc4)nc(-c4ccc5c(c4)C4(c6ccccc6O5)c5ccccc5-c5c4ccc4cc[pH]c54)n3)cc2)cc1. The lowest BCUT2D eigenvalue weighted by Crippen LogP contribution is -2.32. The van der Waals surface area contributed by atoms with Gasteiger partial charge >= 0.3 is 0 Å². The molecule has 1 aliphatic heterocycles. The zero-order chi connectivity index (χ0) is 34.9. The summed E-state index contributed by atoms with van der Waals surface area (Å²) in [6, 6.07) is 59.8. The van der Waals surface area contributed by atoms with Crippen molar-refractivity contribution in [2.75, 3.05) is 0 Å². The van der Waals surface area contributed by atoms with Gasteiger partial charge in [0.15, 0.2) is 17.5 Å². The van der Waals surface area contributed by atoms with E-state index in [2.05, 4.69) is 139 Å². The molecule has 7 aromatic carbocycles. The van der Waals surface area contributed by atoms with Crippen molar-refractivity contribution in [3.05, 3.63) is 198 Å². The fourth-order valence-corrected chi connectivity index (χ4v) is 9.62. The minimum absolute atomic E-state index is 0.584. The van der Waals surface area contributed by atoms with Crippen LogP contribution in [0.3, 0.4) is 0 Å². The van der Waals surface area contributed by atoms with Crippen molar-refractivity contribution < 1.29 is 4.74 Å². The van der Waals surface area contributed by atoms with Gasteiger partial charge in [-0.05, 0) is 68.8 Å². The Kier molecular flexibility index (Phi) is 6.64. The summed E-state index contributed by atoms with van der Waals surface area (Å²) in [6.07, 6.45) is 0. The Labute approximate surface area is 308 Å². The molecule has 248 valence electrons. The van der Waals surface area contributed by atoms with Gasteiger partial charge in [-0.2, -0.15) is 0 Å². The van der Waals surface area contributed by atoms with Gasteiger partial charge in [0.1, 0.15) is 11.5 Å². The number of rotatable bonds is 4. The number of nitrogens with zero attached hydrogens (tertiary/aromatic N) is 3. The van der Waals surface area contributed by atoms with E-state index in [0.29, 0.717) is 25.7 Å². The maximum Gasteiger partial charge on any atom is 0.164 e. The van der Waals surface area contributed by atoms with Crippen LogP contribution in [0.1, 0.15) is 22.3 Å². The van der Waals surface area contributed by atoms with Crippen molar-refractivity contribution >= 4 is 18.7 Å². The molecule has 1 spiro atoms. The lowest BCUT2D eigenvalue weighted by atomic mass is 9.66. The summed E-state index contributed by atoms with van der Waals surface area (Å²) in [6.45, 7) is 0. The molecule has 5 heteroatoms. The van der Waals surface area contributed by atoms with Crippen molar-refractivity contribution in [2.45, 2.75) is 5.41 Å². The van der Waals surface area contributed by atoms with E-state index in [1.807, 2.05) is 36.4 Å². The van der Waals surface area contributed by atoms with Gasteiger partial charge < -0.3 is 4.74 Å². The van der Waals surface area contributed by atoms with E-state index in [1.54, 1.807) is 0 Å². The summed E-state index contributed by atoms with van der Waals surface area (Å²) in [5, 5.41) is 2.73. The van der Waals surface area contributed by atoms with Crippen LogP contribution >= 0.6 is 8.19 Å². The first kappa shape index (κ1) is 30.1. The molecular weight excluding hydrogens is 666 g/mol. The summed E-state index contributed by atoms with van der Waals surface area (Å²) in [5.41, 5.74) is 11.9. The van der Waals surface area contributed by atoms with E-state index in [-0.39, 0.29) is 0 Å². The van der Waals surface area contributed by atoms with Crippen molar-refractivity contribution in [3.8, 4) is 67.9 Å². The van der Waals surface area contributed by atoms with Gasteiger partial charge in [0.2, 0.25) is 0 Å². The van der Waals surface area contributed by atoms with E-state index in [0.717, 1.165) is 44.9 Å². The van der Waals surface area contributed by atoms with E-state index in [9.17, 15) is 0 Å². The van der Waals surface area contributed by atoms with Gasteiger partial charge in [-0.15, -0.1) is 8.19 Å². The maximum atomic E-state index is 6.75. The van der Waals surface area contributed by atoms with Gasteiger partial charge in [0.05, 0.1) is 5.41 Å². The largest absolute Gasteiger partial charge is 0.457 e. The van der Waals surface area contributed by atoms with Crippen molar-refractivity contribution in [1.82, 2.24) is 15.0 Å². The molecule has 4 nitrogen and oxygen atoms in total. The van der Waals surface area contributed by atoms with E-state index in [1.165, 1.54) is 38.3 Å². The summed E-state index contributed by atoms with van der Waals surface area (Å²) in [4.78, 5) is 15.3. The third-order valence-corrected chi connectivity index (χ3v) is 12.0. The van der Waals surface area contributed by atoms with Gasteiger partial charge in [-0.1, -0.05) is 146 Å². The third-order valence-electron chi connectivity index (χ3n) is 10.8. The predicted octanol–water partition coefficient (Wildman–Crippen LogP) is 12.2. The average molecular weight is 696 g/mol. The fourth-order valence-electron chi connectivity index (χ4n) is 8.45. The normalized spacial score (nSPS) is 15.2. The summed E-state index contributed by atoms with van der Waals surface area (Å²) in [5.74, 6) is 5.90. The van der Waals surface area contributed by atoms with Crippen LogP contribution in [0.15, 0.2) is 176 Å². The fraction of sp³-hybridized carbons (Fsp3) is 0.0208. The number of fused-ring (bicyclic) bond motifs is 11. The molecule has 0 radical (unpaired) electrons. The van der Waals surface area contributed by atoms with Crippen LogP contribution in [0, 0.1) is 0 Å². The zero-order valence-electron chi connectivity index (χ0n) is 28.5. The molecule has 0 saturated heterocycles. The Hall–Kier alpha value is -6.61. The Balaban J connectivity index is 1.14. The van der Waals surface area contributed by atoms with Gasteiger partial charge in [0, 0.05) is 32.9 Å². The molecule has 0 fully saturated rings. The van der Waals surface area contributed by atoms with E-state index >= 15 is 0 Å². The summed E-state index contributed by atoms with van der Waals surface area (Å²) in [7, 11) is 0.634. The molecule has 0 N–H and O–H groups in total. The van der Waals surface area contributed by atoms with E-state index in [4.69, 9.17) is 19.7 Å². The molecule has 0 saturated carbocycles. The molecule has 53 heavy (non-hydrogen) atoms. The first-order chi connectivity index (χ1) is 26.3. The third kappa shape index (κ3) is 4.53. The van der Waals surface area contributed by atoms with Crippen molar-refractivity contribution in [1.29, 1.82) is 0 Å². The van der Waals surface area contributed by atoms with Crippen molar-refractivity contribution in [3.63, 3.8) is 0 Å². The van der Waals surface area contributed by atoms with Gasteiger partial charge in [0.25, 0.3) is 0 Å². The van der Waals surface area contributed by atoms with Gasteiger partial charge in [-0.25, -0.2) is 15.0 Å². The lowest BCUT2D eigenvalue weighted by molar-refractivity contribution is 0.436. The number of hydrogen-bond acceptors (Lipinski definition) is 4. The molecule has 2 atom stereocenters. The lowest BCUT2D eigenvalue weighted by Gasteiger charge is -2.39. The molecule has 0 amide bonds. The zero-order valence-corrected chi connectivity index (χ0v) is 29.5. The molecule has 3 heterocycles. The highest BCUT2D eigenvalue weighted by atomic mass is 31.0. The number of aromatic nitrogens is 3. The molecule has 2 unspecified atom stereocenters. The minimum atomic E-state index is -0.584. The highest BCUT2D eigenvalue weighted by Crippen LogP contribution is 2.63. The summed E-state index contributed by atoms with van der Waals surface area (Å²) >= 11 is 0. The van der Waals surface area contributed by atoms with Crippen LogP contribution in [0.2, 0.25) is 0 Å². The van der Waals surface area contributed by atoms with Crippen LogP contribution in [0.5, 0.6) is 11.5 Å². The van der Waals surface area contributed by atoms with Crippen molar-refractivity contribution in [2.24, 2.45) is 0 Å². The second kappa shape index (κ2) is 11.7. The molecule has 1 aliphatic carbocycles. The van der Waals surface area contributed by atoms with Crippen LogP contribution in [0.4, 0.5) is 0 Å². The van der Waals surface area contributed by atoms with Crippen LogP contribution in [0.25, 0.3) is 66.9 Å². The first-order valence-electron chi connectivity index (χ1n) is 17.9. The second-order valence-electron chi connectivity index (χ2n) is 13.7. The number of benzene rings is 7. The summed E-state index contributed by atoms with van der Waals surface area (Å²) < 4.78 is 6.75. The Bertz CT molecular complexity index is 2870. The number of para-hydroxylation sites is 1. The molecule has 0 bridgehead atoms. The number of ether oxygens (including phenoxy) is 1. The molecule has 2 aliphatic rings. The second-order valence-corrected chi connectivity index (χ2v) is 14.8. The maximum absolute atomic E-state index is 6.75. The minimum Gasteiger partial charge on any atom is -0.457 e. The quantitative estimate of drug-likeness (QED) is 0.184. The highest BCUT2D eigenvalue weighted by molar-refractivity contribution is 7.36. The van der Waals surface area contributed by atoms with E-state index < -0.39 is 5.41 Å². The topological polar surface area (TPSA) is 47.9 Å². The Morgan fingerprint density at radius 1 is 0.415 bits per heavy atom. The average Bonchev–Trinajstić information content (AvgIpc) is 3.83. The molecule has 11 rings (SSSR count). The Morgan fingerprint density at radius 2 is 0.981 bits per heavy atom. The molecular formula is C48H30N3OP. The monoisotopic (exact) mass is 695 g/mol. The Morgan fingerprint density at radius 3 is 1.75 bits per heavy atom. The van der Waals surface area contributed by atoms with Crippen LogP contribution in [-0.2, 0) is 5.41 Å². The predicted molar refractivity (Wildman–Crippen MR) is 216 cm³/mol. The standard InChI is InChI=1S/C48H30N3OP/c1-3-11-30(12-4-1)31-19-21-34(22-20-31)46-49-45(33-13-5-2-6-14-33)50-47(51-46)35-24-26-42-40(29-35)48(38-17-9-10-18-41(38)52-42)37-16-8-7-15-36(37)43-39(48)25-23-32-27-28-53-44(32)43/h1-29,53H. The first-order valence-corrected chi connectivity index (χ1v) is 18.9. The van der Waals surface area contributed by atoms with Crippen LogP contribution in [-0.4, -0.2) is 15.0 Å². The van der Waals surface area contributed by atoms with Crippen LogP contribution < -0.4 is 4.74 Å². The molecule has 2 aromatic heterocycles. The number of hydrogen-bond donors (Lipinski definition) is 0. The molecule has 9 aromatic rings. The highest BCUT2D eigenvalue weighted by Gasteiger charge is 2.51. The van der Waals surface area contributed by atoms with Gasteiger partial charge in [-0.3, -0.25) is 0 Å².